The Kier molecular flexibility index (Phi) is 3.65. The summed E-state index contributed by atoms with van der Waals surface area (Å²) in [7, 11) is 0. The number of nitrogens with two attached hydrogens (primary N) is 1. The number of anilines is 1. The minimum Gasteiger partial charge on any atom is -0.394 e. The van der Waals surface area contributed by atoms with E-state index in [1.807, 2.05) is 0 Å². The molecule has 2 rings (SSSR count). The molecule has 0 unspecified atom stereocenters. The average Bonchev–Trinajstić information content (AvgIpc) is 2.65. The summed E-state index contributed by atoms with van der Waals surface area (Å²) in [6.07, 6.45) is -4.23. The maximum atomic E-state index is 13.9. The Hall–Kier alpha value is -1.77. The number of ether oxygens (including phenoxy) is 1. The monoisotopic (exact) mass is 271 g/mol. The zero-order chi connectivity index (χ0) is 14.2. The molecule has 0 aliphatic carbocycles. The molecule has 1 aliphatic heterocycles. The molecule has 0 spiro atoms. The van der Waals surface area contributed by atoms with Crippen LogP contribution >= 0.6 is 0 Å². The van der Waals surface area contributed by atoms with E-state index in [9.17, 15) is 14.3 Å². The molecule has 0 bridgehead atoms. The van der Waals surface area contributed by atoms with Gasteiger partial charge in [0, 0.05) is 6.20 Å². The molecule has 0 saturated carbocycles. The number of nitrogens with zero attached hydrogens (tertiary/aromatic N) is 2. The quantitative estimate of drug-likeness (QED) is 0.634. The smallest absolute Gasteiger partial charge is 0.353 e. The summed E-state index contributed by atoms with van der Waals surface area (Å²) in [5.74, 6) is 0.0338. The van der Waals surface area contributed by atoms with Gasteiger partial charge in [-0.05, 0) is 6.07 Å². The highest BCUT2D eigenvalue weighted by Crippen LogP contribution is 2.29. The van der Waals surface area contributed by atoms with Crippen LogP contribution in [0.3, 0.4) is 0 Å². The Bertz CT molecular complexity index is 547. The summed E-state index contributed by atoms with van der Waals surface area (Å²) < 4.78 is 20.0. The van der Waals surface area contributed by atoms with Crippen LogP contribution in [0.25, 0.3) is 5.70 Å². The highest BCUT2D eigenvalue weighted by Gasteiger charge is 2.45. The van der Waals surface area contributed by atoms with Crippen LogP contribution in [0.4, 0.5) is 10.2 Å². The minimum absolute atomic E-state index is 0.0139. The van der Waals surface area contributed by atoms with Crippen molar-refractivity contribution >= 4 is 11.5 Å². The SMILES string of the molecule is C=C([C@@H]1O[C@H](CO)[C@@H](O)[C@@H]1F)n1ccc(N)nc1=O. The lowest BCUT2D eigenvalue weighted by molar-refractivity contribution is -0.0102. The van der Waals surface area contributed by atoms with Crippen molar-refractivity contribution in [3.8, 4) is 0 Å². The van der Waals surface area contributed by atoms with Crippen LogP contribution in [0.15, 0.2) is 23.6 Å². The number of hydrogen-bond acceptors (Lipinski definition) is 6. The van der Waals surface area contributed by atoms with Gasteiger partial charge in [0.05, 0.1) is 12.3 Å². The van der Waals surface area contributed by atoms with Gasteiger partial charge in [0.15, 0.2) is 6.17 Å². The molecule has 8 heteroatoms. The van der Waals surface area contributed by atoms with Crippen LogP contribution in [0, 0.1) is 0 Å². The molecule has 0 aromatic carbocycles. The highest BCUT2D eigenvalue weighted by atomic mass is 19.1. The van der Waals surface area contributed by atoms with Gasteiger partial charge in [-0.25, -0.2) is 9.18 Å². The van der Waals surface area contributed by atoms with Crippen molar-refractivity contribution in [3.05, 3.63) is 29.3 Å². The number of halogens is 1. The summed E-state index contributed by atoms with van der Waals surface area (Å²) in [4.78, 5) is 15.1. The zero-order valence-electron chi connectivity index (χ0n) is 9.94. The summed E-state index contributed by atoms with van der Waals surface area (Å²) in [6, 6.07) is 1.36. The van der Waals surface area contributed by atoms with Gasteiger partial charge in [0.25, 0.3) is 0 Å². The average molecular weight is 271 g/mol. The Balaban J connectivity index is 2.28. The fourth-order valence-electron chi connectivity index (χ4n) is 1.91. The van der Waals surface area contributed by atoms with Crippen LogP contribution < -0.4 is 11.4 Å². The summed E-state index contributed by atoms with van der Waals surface area (Å²) in [6.45, 7) is 3.05. The van der Waals surface area contributed by atoms with Gasteiger partial charge in [0.1, 0.15) is 24.1 Å². The Morgan fingerprint density at radius 3 is 2.89 bits per heavy atom. The number of hydrogen-bond donors (Lipinski definition) is 3. The maximum Gasteiger partial charge on any atom is 0.353 e. The van der Waals surface area contributed by atoms with Crippen molar-refractivity contribution in [2.75, 3.05) is 12.3 Å². The Labute approximate surface area is 107 Å². The molecule has 0 radical (unpaired) electrons. The normalized spacial score (nSPS) is 30.5. The van der Waals surface area contributed by atoms with E-state index in [-0.39, 0.29) is 11.5 Å². The summed E-state index contributed by atoms with van der Waals surface area (Å²) >= 11 is 0. The fraction of sp³-hybridized carbons (Fsp3) is 0.455. The van der Waals surface area contributed by atoms with Gasteiger partial charge in [-0.2, -0.15) is 4.98 Å². The standard InChI is InChI=1S/C11H14FN3O4/c1-5(15-3-2-7(13)14-11(15)18)10-8(12)9(17)6(4-16)19-10/h2-3,6,8-10,16-17H,1,4H2,(H2,13,14,18)/t6-,8+,9-,10+/m1/s1. The summed E-state index contributed by atoms with van der Waals surface area (Å²) in [5, 5.41) is 18.4. The molecule has 4 N–H and O–H groups in total. The first-order valence-corrected chi connectivity index (χ1v) is 5.58. The van der Waals surface area contributed by atoms with E-state index in [0.29, 0.717) is 0 Å². The van der Waals surface area contributed by atoms with Crippen LogP contribution in [0.1, 0.15) is 0 Å². The number of nitrogen functional groups attached to an aromatic ring is 1. The van der Waals surface area contributed by atoms with Gasteiger partial charge in [0.2, 0.25) is 0 Å². The molecular weight excluding hydrogens is 257 g/mol. The predicted octanol–water partition coefficient (Wildman–Crippen LogP) is -1.25. The second kappa shape index (κ2) is 5.08. The van der Waals surface area contributed by atoms with Crippen molar-refractivity contribution in [3.63, 3.8) is 0 Å². The van der Waals surface area contributed by atoms with Crippen LogP contribution in [-0.2, 0) is 4.74 Å². The third kappa shape index (κ3) is 2.37. The second-order valence-electron chi connectivity index (χ2n) is 4.21. The summed E-state index contributed by atoms with van der Waals surface area (Å²) in [5.41, 5.74) is 4.61. The predicted molar refractivity (Wildman–Crippen MR) is 64.9 cm³/mol. The lowest BCUT2D eigenvalue weighted by atomic mass is 10.1. The Morgan fingerprint density at radius 2 is 2.37 bits per heavy atom. The molecule has 1 aliphatic rings. The van der Waals surface area contributed by atoms with Crippen molar-refractivity contribution in [2.24, 2.45) is 0 Å². The molecule has 0 amide bonds. The van der Waals surface area contributed by atoms with E-state index in [2.05, 4.69) is 11.6 Å². The highest BCUT2D eigenvalue weighted by molar-refractivity contribution is 5.49. The van der Waals surface area contributed by atoms with E-state index in [1.165, 1.54) is 12.3 Å². The first-order chi connectivity index (χ1) is 8.95. The van der Waals surface area contributed by atoms with Gasteiger partial charge >= 0.3 is 5.69 Å². The van der Waals surface area contributed by atoms with E-state index < -0.39 is 36.8 Å². The molecule has 19 heavy (non-hydrogen) atoms. The van der Waals surface area contributed by atoms with E-state index in [4.69, 9.17) is 15.6 Å². The topological polar surface area (TPSA) is 111 Å². The van der Waals surface area contributed by atoms with E-state index >= 15 is 0 Å². The lowest BCUT2D eigenvalue weighted by Gasteiger charge is -2.17. The maximum absolute atomic E-state index is 13.9. The number of aliphatic hydroxyl groups is 2. The number of aromatic nitrogens is 2. The third-order valence-electron chi connectivity index (χ3n) is 2.96. The van der Waals surface area contributed by atoms with Crippen LogP contribution in [0.5, 0.6) is 0 Å². The molecule has 2 heterocycles. The molecule has 1 aromatic heterocycles. The van der Waals surface area contributed by atoms with Gasteiger partial charge in [-0.15, -0.1) is 0 Å². The van der Waals surface area contributed by atoms with E-state index in [0.717, 1.165) is 4.57 Å². The van der Waals surface area contributed by atoms with Crippen LogP contribution in [-0.4, -0.2) is 50.9 Å². The number of alkyl halides is 1. The van der Waals surface area contributed by atoms with Gasteiger partial charge in [-0.1, -0.05) is 6.58 Å². The van der Waals surface area contributed by atoms with E-state index in [1.54, 1.807) is 0 Å². The van der Waals surface area contributed by atoms with Gasteiger partial charge < -0.3 is 20.7 Å². The first-order valence-electron chi connectivity index (χ1n) is 5.58. The van der Waals surface area contributed by atoms with Crippen molar-refractivity contribution < 1.29 is 19.3 Å². The molecule has 1 fully saturated rings. The largest absolute Gasteiger partial charge is 0.394 e. The zero-order valence-corrected chi connectivity index (χ0v) is 9.94. The van der Waals surface area contributed by atoms with Gasteiger partial charge in [-0.3, -0.25) is 4.57 Å². The van der Waals surface area contributed by atoms with Crippen LogP contribution in [0.2, 0.25) is 0 Å². The molecule has 1 aromatic rings. The first kappa shape index (κ1) is 13.7. The number of aliphatic hydroxyl groups excluding tert-OH is 2. The molecule has 4 atom stereocenters. The van der Waals surface area contributed by atoms with Crippen molar-refractivity contribution in [1.82, 2.24) is 9.55 Å². The number of rotatable bonds is 3. The molecular formula is C11H14FN3O4. The molecule has 7 nitrogen and oxygen atoms in total. The van der Waals surface area contributed by atoms with Crippen molar-refractivity contribution in [2.45, 2.75) is 24.5 Å². The fourth-order valence-corrected chi connectivity index (χ4v) is 1.91. The Morgan fingerprint density at radius 1 is 1.68 bits per heavy atom. The van der Waals surface area contributed by atoms with Crippen molar-refractivity contribution in [1.29, 1.82) is 0 Å². The minimum atomic E-state index is -1.78. The third-order valence-corrected chi connectivity index (χ3v) is 2.96. The molecule has 1 saturated heterocycles. The second-order valence-corrected chi connectivity index (χ2v) is 4.21. The molecule has 104 valence electrons. The lowest BCUT2D eigenvalue weighted by Crippen LogP contribution is -2.33.